The number of hydrogen-bond donors (Lipinski definition) is 1. The van der Waals surface area contributed by atoms with Crippen LogP contribution in [0.4, 0.5) is 11.4 Å². The second kappa shape index (κ2) is 3.56. The van der Waals surface area contributed by atoms with Crippen molar-refractivity contribution < 1.29 is 14.5 Å². The Morgan fingerprint density at radius 2 is 2.27 bits per heavy atom. The number of esters is 1. The normalized spacial score (nSPS) is 14.5. The van der Waals surface area contributed by atoms with Crippen LogP contribution in [0, 0.1) is 10.1 Å². The van der Waals surface area contributed by atoms with Crippen LogP contribution in [0.15, 0.2) is 18.2 Å². The maximum atomic E-state index is 11.4. The molecule has 0 fully saturated rings. The highest BCUT2D eigenvalue weighted by molar-refractivity contribution is 5.98. The van der Waals surface area contributed by atoms with Crippen molar-refractivity contribution in [1.82, 2.24) is 0 Å². The van der Waals surface area contributed by atoms with Crippen molar-refractivity contribution in [2.75, 3.05) is 18.5 Å². The molecule has 0 unspecified atom stereocenters. The van der Waals surface area contributed by atoms with E-state index in [0.29, 0.717) is 6.54 Å². The van der Waals surface area contributed by atoms with E-state index in [2.05, 4.69) is 5.32 Å². The summed E-state index contributed by atoms with van der Waals surface area (Å²) in [5.74, 6) is -0.529. The van der Waals surface area contributed by atoms with Crippen molar-refractivity contribution in [3.8, 4) is 0 Å². The number of nitro benzene ring substituents is 1. The van der Waals surface area contributed by atoms with Gasteiger partial charge in [-0.1, -0.05) is 6.07 Å². The zero-order valence-corrected chi connectivity index (χ0v) is 7.73. The molecule has 1 aromatic rings. The molecule has 0 saturated carbocycles. The van der Waals surface area contributed by atoms with E-state index in [1.54, 1.807) is 0 Å². The summed E-state index contributed by atoms with van der Waals surface area (Å²) in [7, 11) is 0. The van der Waals surface area contributed by atoms with Gasteiger partial charge in [0.05, 0.1) is 10.5 Å². The molecule has 0 aliphatic carbocycles. The molecule has 1 heterocycles. The van der Waals surface area contributed by atoms with Crippen LogP contribution in [0.25, 0.3) is 0 Å². The summed E-state index contributed by atoms with van der Waals surface area (Å²) >= 11 is 0. The van der Waals surface area contributed by atoms with E-state index in [-0.39, 0.29) is 23.5 Å². The van der Waals surface area contributed by atoms with Gasteiger partial charge in [0.2, 0.25) is 0 Å². The van der Waals surface area contributed by atoms with E-state index in [1.807, 2.05) is 0 Å². The van der Waals surface area contributed by atoms with Gasteiger partial charge < -0.3 is 10.1 Å². The number of hydrogen-bond acceptors (Lipinski definition) is 5. The molecule has 0 bridgehead atoms. The standard InChI is InChI=1S/C9H8N2O4/c12-9-6-2-1-3-7(11(13)14)8(6)10-4-5-15-9/h1-3,10H,4-5H2. The third-order valence-corrected chi connectivity index (χ3v) is 2.10. The van der Waals surface area contributed by atoms with Gasteiger partial charge in [-0.05, 0) is 6.07 Å². The summed E-state index contributed by atoms with van der Waals surface area (Å²) in [6, 6.07) is 4.32. The van der Waals surface area contributed by atoms with E-state index in [4.69, 9.17) is 4.74 Å². The van der Waals surface area contributed by atoms with E-state index in [9.17, 15) is 14.9 Å². The highest BCUT2D eigenvalue weighted by atomic mass is 16.6. The van der Waals surface area contributed by atoms with Crippen molar-refractivity contribution in [2.45, 2.75) is 0 Å². The molecule has 6 nitrogen and oxygen atoms in total. The van der Waals surface area contributed by atoms with Gasteiger partial charge in [0, 0.05) is 12.6 Å². The third-order valence-electron chi connectivity index (χ3n) is 2.10. The van der Waals surface area contributed by atoms with Crippen LogP contribution in [0.2, 0.25) is 0 Å². The van der Waals surface area contributed by atoms with Crippen LogP contribution in [-0.2, 0) is 4.74 Å². The first-order valence-corrected chi connectivity index (χ1v) is 4.38. The second-order valence-corrected chi connectivity index (χ2v) is 3.02. The van der Waals surface area contributed by atoms with Crippen molar-refractivity contribution in [3.05, 3.63) is 33.9 Å². The van der Waals surface area contributed by atoms with Crippen LogP contribution in [-0.4, -0.2) is 24.0 Å². The maximum Gasteiger partial charge on any atom is 0.340 e. The number of para-hydroxylation sites is 1. The number of nitrogens with zero attached hydrogens (tertiary/aromatic N) is 1. The second-order valence-electron chi connectivity index (χ2n) is 3.02. The highest BCUT2D eigenvalue weighted by Gasteiger charge is 2.24. The average Bonchev–Trinajstić information content (AvgIpc) is 2.40. The van der Waals surface area contributed by atoms with Gasteiger partial charge in [-0.3, -0.25) is 10.1 Å². The number of anilines is 1. The zero-order chi connectivity index (χ0) is 10.8. The van der Waals surface area contributed by atoms with Crippen molar-refractivity contribution in [1.29, 1.82) is 0 Å². The summed E-state index contributed by atoms with van der Waals surface area (Å²) in [5, 5.41) is 13.5. The molecule has 1 N–H and O–H groups in total. The molecule has 1 aliphatic rings. The zero-order valence-electron chi connectivity index (χ0n) is 7.73. The number of carbonyl (C=O) groups excluding carboxylic acids is 1. The number of nitrogens with one attached hydrogen (secondary N) is 1. The molecule has 0 spiro atoms. The Morgan fingerprint density at radius 1 is 1.47 bits per heavy atom. The SMILES string of the molecule is O=C1OCCNc2c1cccc2[N+](=O)[O-]. The fraction of sp³-hybridized carbons (Fsp3) is 0.222. The van der Waals surface area contributed by atoms with Gasteiger partial charge in [0.1, 0.15) is 12.3 Å². The molecule has 1 aromatic carbocycles. The summed E-state index contributed by atoms with van der Waals surface area (Å²) in [6.45, 7) is 0.592. The first kappa shape index (κ1) is 9.45. The first-order valence-electron chi connectivity index (χ1n) is 4.38. The molecule has 0 atom stereocenters. The number of ether oxygens (including phenoxy) is 1. The smallest absolute Gasteiger partial charge is 0.340 e. The predicted octanol–water partition coefficient (Wildman–Crippen LogP) is 1.18. The number of fused-ring (bicyclic) bond motifs is 1. The number of carbonyl (C=O) groups is 1. The lowest BCUT2D eigenvalue weighted by Crippen LogP contribution is -2.06. The Balaban J connectivity index is 2.58. The summed E-state index contributed by atoms with van der Waals surface area (Å²) in [5.41, 5.74) is 0.345. The van der Waals surface area contributed by atoms with Crippen LogP contribution in [0.3, 0.4) is 0 Å². The highest BCUT2D eigenvalue weighted by Crippen LogP contribution is 2.29. The minimum absolute atomic E-state index is 0.105. The maximum absolute atomic E-state index is 11.4. The topological polar surface area (TPSA) is 81.5 Å². The van der Waals surface area contributed by atoms with E-state index in [1.165, 1.54) is 18.2 Å². The van der Waals surface area contributed by atoms with Gasteiger partial charge in [0.15, 0.2) is 0 Å². The van der Waals surface area contributed by atoms with Gasteiger partial charge in [-0.2, -0.15) is 0 Å². The molecular weight excluding hydrogens is 200 g/mol. The van der Waals surface area contributed by atoms with Crippen LogP contribution in [0.5, 0.6) is 0 Å². The molecule has 0 saturated heterocycles. The van der Waals surface area contributed by atoms with Crippen LogP contribution in [0.1, 0.15) is 10.4 Å². The van der Waals surface area contributed by atoms with Gasteiger partial charge in [0.25, 0.3) is 5.69 Å². The average molecular weight is 208 g/mol. The number of cyclic esters (lactones) is 1. The van der Waals surface area contributed by atoms with Gasteiger partial charge >= 0.3 is 5.97 Å². The van der Waals surface area contributed by atoms with Crippen LogP contribution < -0.4 is 5.32 Å². The van der Waals surface area contributed by atoms with E-state index in [0.717, 1.165) is 0 Å². The molecule has 0 radical (unpaired) electrons. The number of rotatable bonds is 1. The quantitative estimate of drug-likeness (QED) is 0.425. The monoisotopic (exact) mass is 208 g/mol. The number of nitro groups is 1. The van der Waals surface area contributed by atoms with E-state index >= 15 is 0 Å². The predicted molar refractivity (Wildman–Crippen MR) is 51.9 cm³/mol. The lowest BCUT2D eigenvalue weighted by Gasteiger charge is -2.04. The minimum Gasteiger partial charge on any atom is -0.460 e. The molecule has 78 valence electrons. The molecule has 0 aromatic heterocycles. The Labute approximate surface area is 85.0 Å². The van der Waals surface area contributed by atoms with Gasteiger partial charge in [-0.25, -0.2) is 4.79 Å². The van der Waals surface area contributed by atoms with Crippen molar-refractivity contribution in [2.24, 2.45) is 0 Å². The molecule has 0 amide bonds. The Kier molecular flexibility index (Phi) is 2.24. The Morgan fingerprint density at radius 3 is 3.00 bits per heavy atom. The number of benzene rings is 1. The van der Waals surface area contributed by atoms with Crippen molar-refractivity contribution >= 4 is 17.3 Å². The third kappa shape index (κ3) is 1.61. The molecule has 6 heteroatoms. The largest absolute Gasteiger partial charge is 0.460 e. The Hall–Kier alpha value is -2.11. The fourth-order valence-electron chi connectivity index (χ4n) is 1.45. The minimum atomic E-state index is -0.529. The lowest BCUT2D eigenvalue weighted by atomic mass is 10.1. The van der Waals surface area contributed by atoms with Crippen molar-refractivity contribution in [3.63, 3.8) is 0 Å². The summed E-state index contributed by atoms with van der Waals surface area (Å²) < 4.78 is 4.84. The molecular formula is C9H8N2O4. The summed E-state index contributed by atoms with van der Waals surface area (Å²) in [4.78, 5) is 21.6. The first-order chi connectivity index (χ1) is 7.20. The molecule has 1 aliphatic heterocycles. The van der Waals surface area contributed by atoms with E-state index < -0.39 is 10.9 Å². The van der Waals surface area contributed by atoms with Crippen LogP contribution >= 0.6 is 0 Å². The fourth-order valence-corrected chi connectivity index (χ4v) is 1.45. The summed E-state index contributed by atoms with van der Waals surface area (Å²) in [6.07, 6.45) is 0. The molecule has 15 heavy (non-hydrogen) atoms. The van der Waals surface area contributed by atoms with Gasteiger partial charge in [-0.15, -0.1) is 0 Å². The Bertz CT molecular complexity index is 430. The molecule has 2 rings (SSSR count). The lowest BCUT2D eigenvalue weighted by molar-refractivity contribution is -0.384.